The van der Waals surface area contributed by atoms with Crippen molar-refractivity contribution in [3.8, 4) is 6.07 Å². The van der Waals surface area contributed by atoms with Gasteiger partial charge >= 0.3 is 6.09 Å². The van der Waals surface area contributed by atoms with Crippen molar-refractivity contribution in [2.75, 3.05) is 12.0 Å². The lowest BCUT2D eigenvalue weighted by atomic mass is 10.4. The summed E-state index contributed by atoms with van der Waals surface area (Å²) in [4.78, 5) is 22.3. The van der Waals surface area contributed by atoms with Crippen molar-refractivity contribution in [1.82, 2.24) is 15.5 Å². The smallest absolute Gasteiger partial charge is 0.414 e. The molecule has 9 heteroatoms. The maximum atomic E-state index is 11.4. The molecule has 1 rings (SSSR count). The Bertz CT molecular complexity index is 487. The number of rotatable bonds is 4. The van der Waals surface area contributed by atoms with Gasteiger partial charge in [0.1, 0.15) is 11.9 Å². The average molecular weight is 250 g/mol. The van der Waals surface area contributed by atoms with Gasteiger partial charge in [0, 0.05) is 6.07 Å². The van der Waals surface area contributed by atoms with Crippen molar-refractivity contribution in [2.24, 2.45) is 5.10 Å². The first-order valence-electron chi connectivity index (χ1n) is 4.88. The van der Waals surface area contributed by atoms with Crippen LogP contribution in [0, 0.1) is 11.3 Å². The van der Waals surface area contributed by atoms with Crippen molar-refractivity contribution in [3.05, 3.63) is 12.3 Å². The highest BCUT2D eigenvalue weighted by Gasteiger charge is 2.15. The number of carbonyl (C=O) groups excluding carboxylic acids is 2. The second-order valence-electron chi connectivity index (χ2n) is 2.83. The summed E-state index contributed by atoms with van der Waals surface area (Å²) in [6, 6.07) is 3.09. The van der Waals surface area contributed by atoms with E-state index in [9.17, 15) is 9.59 Å². The molecule has 0 aliphatic heterocycles. The molecular weight excluding hydrogens is 240 g/mol. The lowest BCUT2D eigenvalue weighted by Crippen LogP contribution is -2.36. The van der Waals surface area contributed by atoms with Crippen molar-refractivity contribution >= 4 is 23.5 Å². The zero-order chi connectivity index (χ0) is 13.4. The van der Waals surface area contributed by atoms with Gasteiger partial charge in [0.05, 0.1) is 12.8 Å². The Morgan fingerprint density at radius 1 is 1.67 bits per heavy atom. The first kappa shape index (κ1) is 13.2. The van der Waals surface area contributed by atoms with Gasteiger partial charge in [-0.1, -0.05) is 0 Å². The summed E-state index contributed by atoms with van der Waals surface area (Å²) in [5.74, 6) is -0.561. The molecule has 94 valence electrons. The number of hydrogen-bond acceptors (Lipinski definition) is 7. The maximum Gasteiger partial charge on any atom is 0.414 e. The number of hydrazone groups is 1. The van der Waals surface area contributed by atoms with E-state index in [0.29, 0.717) is 5.82 Å². The zero-order valence-corrected chi connectivity index (χ0v) is 9.43. The monoisotopic (exact) mass is 250 g/mol. The van der Waals surface area contributed by atoms with E-state index in [-0.39, 0.29) is 6.61 Å². The summed E-state index contributed by atoms with van der Waals surface area (Å²) >= 11 is 0. The summed E-state index contributed by atoms with van der Waals surface area (Å²) in [6.07, 6.45) is 0.523. The van der Waals surface area contributed by atoms with Crippen molar-refractivity contribution in [3.63, 3.8) is 0 Å². The van der Waals surface area contributed by atoms with Gasteiger partial charge in [-0.3, -0.25) is 20.6 Å². The minimum atomic E-state index is -0.956. The molecule has 0 radical (unpaired) electrons. The molecule has 1 aromatic heterocycles. The summed E-state index contributed by atoms with van der Waals surface area (Å²) in [6.45, 7) is 1.70. The third kappa shape index (κ3) is 3.93. The van der Waals surface area contributed by atoms with Crippen molar-refractivity contribution < 1.29 is 14.3 Å². The van der Waals surface area contributed by atoms with E-state index in [0.717, 1.165) is 0 Å². The number of aromatic nitrogens is 2. The Kier molecular flexibility index (Phi) is 4.86. The molecule has 1 heterocycles. The van der Waals surface area contributed by atoms with Crippen LogP contribution < -0.4 is 10.7 Å². The fourth-order valence-corrected chi connectivity index (χ4v) is 0.880. The minimum Gasteiger partial charge on any atom is -0.450 e. The second kappa shape index (κ2) is 6.64. The van der Waals surface area contributed by atoms with Crippen LogP contribution in [0.3, 0.4) is 0 Å². The first-order valence-corrected chi connectivity index (χ1v) is 4.88. The van der Waals surface area contributed by atoms with Crippen LogP contribution in [0.4, 0.5) is 10.6 Å². The molecule has 0 bridgehead atoms. The molecule has 2 amide bonds. The zero-order valence-electron chi connectivity index (χ0n) is 9.43. The Hall–Kier alpha value is -2.89. The topological polar surface area (TPSA) is 132 Å². The number of imide groups is 1. The molecular formula is C9H10N6O3. The number of amides is 2. The molecule has 0 fully saturated rings. The molecule has 3 N–H and O–H groups in total. The molecule has 0 aliphatic carbocycles. The Morgan fingerprint density at radius 3 is 3.00 bits per heavy atom. The highest BCUT2D eigenvalue weighted by atomic mass is 16.5. The Labute approximate surface area is 102 Å². The van der Waals surface area contributed by atoms with Crippen LogP contribution >= 0.6 is 0 Å². The summed E-state index contributed by atoms with van der Waals surface area (Å²) in [5, 5.41) is 20.2. The quantitative estimate of drug-likeness (QED) is 0.508. The molecule has 0 aliphatic rings. The van der Waals surface area contributed by atoms with E-state index in [1.54, 1.807) is 19.1 Å². The fourth-order valence-electron chi connectivity index (χ4n) is 0.880. The normalized spacial score (nSPS) is 10.3. The lowest BCUT2D eigenvalue weighted by Gasteiger charge is -2.02. The third-order valence-electron chi connectivity index (χ3n) is 1.60. The van der Waals surface area contributed by atoms with Crippen LogP contribution in [0.25, 0.3) is 0 Å². The van der Waals surface area contributed by atoms with Crippen LogP contribution in [0.15, 0.2) is 17.4 Å². The van der Waals surface area contributed by atoms with Gasteiger partial charge in [-0.2, -0.15) is 15.5 Å². The number of aromatic amines is 1. The largest absolute Gasteiger partial charge is 0.450 e. The lowest BCUT2D eigenvalue weighted by molar-refractivity contribution is -0.114. The van der Waals surface area contributed by atoms with Crippen LogP contribution in [-0.4, -0.2) is 34.5 Å². The highest BCUT2D eigenvalue weighted by Crippen LogP contribution is 1.97. The van der Waals surface area contributed by atoms with Crippen molar-refractivity contribution in [1.29, 1.82) is 5.26 Å². The minimum absolute atomic E-state index is 0.116. The van der Waals surface area contributed by atoms with Gasteiger partial charge in [0.2, 0.25) is 5.71 Å². The number of nitrogens with one attached hydrogen (secondary N) is 3. The number of ether oxygens (including phenoxy) is 1. The number of hydrogen-bond donors (Lipinski definition) is 3. The first-order chi connectivity index (χ1) is 8.67. The number of nitriles is 1. The number of H-pyrrole nitrogens is 1. The SMILES string of the molecule is CCOC(=O)NC(=O)C(C#N)=NNc1ccn[nH]1. The van der Waals surface area contributed by atoms with Crippen LogP contribution in [0.1, 0.15) is 6.92 Å². The molecule has 0 saturated heterocycles. The van der Waals surface area contributed by atoms with E-state index in [2.05, 4.69) is 25.5 Å². The van der Waals surface area contributed by atoms with Crippen LogP contribution in [0.5, 0.6) is 0 Å². The van der Waals surface area contributed by atoms with Crippen LogP contribution in [-0.2, 0) is 9.53 Å². The maximum absolute atomic E-state index is 11.4. The molecule has 18 heavy (non-hydrogen) atoms. The Balaban J connectivity index is 2.60. The Morgan fingerprint density at radius 2 is 2.44 bits per heavy atom. The third-order valence-corrected chi connectivity index (χ3v) is 1.60. The van der Waals surface area contributed by atoms with Gasteiger partial charge in [0.15, 0.2) is 0 Å². The standard InChI is InChI=1S/C9H10N6O3/c1-2-18-9(17)12-8(16)6(5-10)13-15-7-3-4-11-14-7/h3-4H,2H2,1H3,(H2,11,14,15)(H,12,16,17). The van der Waals surface area contributed by atoms with E-state index < -0.39 is 17.7 Å². The van der Waals surface area contributed by atoms with Gasteiger partial charge < -0.3 is 4.74 Å². The number of alkyl carbamates (subject to hydrolysis) is 1. The van der Waals surface area contributed by atoms with Gasteiger partial charge in [-0.25, -0.2) is 4.79 Å². The molecule has 0 saturated carbocycles. The molecule has 0 aromatic carbocycles. The average Bonchev–Trinajstić information content (AvgIpc) is 2.83. The van der Waals surface area contributed by atoms with E-state index >= 15 is 0 Å². The predicted octanol–water partition coefficient (Wildman–Crippen LogP) is -0.0261. The fraction of sp³-hybridized carbons (Fsp3) is 0.222. The van der Waals surface area contributed by atoms with Gasteiger partial charge in [0.25, 0.3) is 5.91 Å². The number of anilines is 1. The van der Waals surface area contributed by atoms with E-state index in [4.69, 9.17) is 5.26 Å². The second-order valence-corrected chi connectivity index (χ2v) is 2.83. The van der Waals surface area contributed by atoms with E-state index in [1.807, 2.05) is 5.32 Å². The van der Waals surface area contributed by atoms with Gasteiger partial charge in [-0.15, -0.1) is 0 Å². The summed E-state index contributed by atoms with van der Waals surface area (Å²) in [5.41, 5.74) is 1.88. The molecule has 0 spiro atoms. The summed E-state index contributed by atoms with van der Waals surface area (Å²) in [7, 11) is 0. The van der Waals surface area contributed by atoms with Crippen molar-refractivity contribution in [2.45, 2.75) is 6.92 Å². The number of nitrogens with zero attached hydrogens (tertiary/aromatic N) is 3. The molecule has 9 nitrogen and oxygen atoms in total. The number of carbonyl (C=O) groups is 2. The predicted molar refractivity (Wildman–Crippen MR) is 60.4 cm³/mol. The molecule has 0 atom stereocenters. The molecule has 0 unspecified atom stereocenters. The highest BCUT2D eigenvalue weighted by molar-refractivity contribution is 6.46. The van der Waals surface area contributed by atoms with Crippen LogP contribution in [0.2, 0.25) is 0 Å². The molecule has 1 aromatic rings. The summed E-state index contributed by atoms with van der Waals surface area (Å²) < 4.78 is 4.49. The van der Waals surface area contributed by atoms with E-state index in [1.165, 1.54) is 6.20 Å². The van der Waals surface area contributed by atoms with Gasteiger partial charge in [-0.05, 0) is 6.92 Å².